The Morgan fingerprint density at radius 3 is 2.77 bits per heavy atom. The highest BCUT2D eigenvalue weighted by molar-refractivity contribution is 14.0. The lowest BCUT2D eigenvalue weighted by Crippen LogP contribution is -2.39. The number of hydrogen-bond acceptors (Lipinski definition) is 3. The third-order valence-electron chi connectivity index (χ3n) is 4.13. The molecule has 0 radical (unpaired) electrons. The van der Waals surface area contributed by atoms with E-state index < -0.39 is 0 Å². The highest BCUT2D eigenvalue weighted by Crippen LogP contribution is 2.13. The standard InChI is InChI=1S/C19H31FN4O.HI/c1-3-21-19(22-10-7-13-24-11-4-5-12-24)23-15-16(2)25-18-9-6-8-17(20)14-18;/h6,8-9,14,16H,3-5,7,10-13,15H2,1-2H3,(H2,21,22,23);1H. The normalized spacial score (nSPS) is 16.0. The van der Waals surface area contributed by atoms with E-state index in [9.17, 15) is 4.39 Å². The zero-order chi connectivity index (χ0) is 17.9. The molecule has 0 aliphatic carbocycles. The molecule has 2 N–H and O–H groups in total. The number of benzene rings is 1. The summed E-state index contributed by atoms with van der Waals surface area (Å²) in [7, 11) is 0. The van der Waals surface area contributed by atoms with Gasteiger partial charge < -0.3 is 20.3 Å². The molecule has 0 aromatic heterocycles. The van der Waals surface area contributed by atoms with Gasteiger partial charge in [0.1, 0.15) is 17.7 Å². The first-order chi connectivity index (χ1) is 12.2. The van der Waals surface area contributed by atoms with Gasteiger partial charge in [-0.05, 0) is 64.9 Å². The molecular weight excluding hydrogens is 446 g/mol. The molecule has 1 aromatic rings. The van der Waals surface area contributed by atoms with Crippen LogP contribution in [0.2, 0.25) is 0 Å². The second kappa shape index (κ2) is 13.1. The Morgan fingerprint density at radius 1 is 1.31 bits per heavy atom. The number of aliphatic imine (C=N–C) groups is 1. The molecule has 1 atom stereocenters. The maximum atomic E-state index is 13.2. The van der Waals surface area contributed by atoms with Crippen LogP contribution in [0, 0.1) is 5.82 Å². The predicted octanol–water partition coefficient (Wildman–Crippen LogP) is 3.25. The Balaban J connectivity index is 0.00000338. The van der Waals surface area contributed by atoms with Crippen LogP contribution in [0.5, 0.6) is 5.75 Å². The highest BCUT2D eigenvalue weighted by atomic mass is 127. The molecule has 1 fully saturated rings. The van der Waals surface area contributed by atoms with Gasteiger partial charge in [0.05, 0.1) is 6.54 Å². The number of nitrogens with one attached hydrogen (secondary N) is 2. The van der Waals surface area contributed by atoms with E-state index in [0.717, 1.165) is 32.0 Å². The molecule has 0 bridgehead atoms. The second-order valence-corrected chi connectivity index (χ2v) is 6.43. The minimum Gasteiger partial charge on any atom is -0.489 e. The van der Waals surface area contributed by atoms with Crippen molar-refractivity contribution >= 4 is 29.9 Å². The largest absolute Gasteiger partial charge is 0.489 e. The maximum Gasteiger partial charge on any atom is 0.191 e. The summed E-state index contributed by atoms with van der Waals surface area (Å²) in [6.45, 7) is 9.84. The van der Waals surface area contributed by atoms with Gasteiger partial charge in [0.2, 0.25) is 0 Å². The quantitative estimate of drug-likeness (QED) is 0.248. The van der Waals surface area contributed by atoms with E-state index in [-0.39, 0.29) is 35.9 Å². The molecule has 148 valence electrons. The Labute approximate surface area is 173 Å². The second-order valence-electron chi connectivity index (χ2n) is 6.43. The van der Waals surface area contributed by atoms with Crippen molar-refractivity contribution < 1.29 is 9.13 Å². The van der Waals surface area contributed by atoms with Gasteiger partial charge in [0, 0.05) is 19.2 Å². The van der Waals surface area contributed by atoms with Crippen molar-refractivity contribution in [3.63, 3.8) is 0 Å². The van der Waals surface area contributed by atoms with E-state index in [4.69, 9.17) is 4.74 Å². The van der Waals surface area contributed by atoms with E-state index in [1.807, 2.05) is 13.8 Å². The molecule has 1 saturated heterocycles. The van der Waals surface area contributed by atoms with E-state index in [2.05, 4.69) is 20.5 Å². The van der Waals surface area contributed by atoms with Gasteiger partial charge in [-0.1, -0.05) is 6.07 Å². The number of halogens is 2. The smallest absolute Gasteiger partial charge is 0.191 e. The highest BCUT2D eigenvalue weighted by Gasteiger charge is 2.10. The Kier molecular flexibility index (Phi) is 11.6. The Bertz CT molecular complexity index is 538. The zero-order valence-electron chi connectivity index (χ0n) is 15.8. The van der Waals surface area contributed by atoms with Crippen molar-refractivity contribution in [1.82, 2.24) is 15.5 Å². The van der Waals surface area contributed by atoms with Crippen molar-refractivity contribution in [2.24, 2.45) is 4.99 Å². The monoisotopic (exact) mass is 478 g/mol. The average molecular weight is 478 g/mol. The lowest BCUT2D eigenvalue weighted by atomic mass is 10.3. The molecule has 0 spiro atoms. The van der Waals surface area contributed by atoms with Gasteiger partial charge >= 0.3 is 0 Å². The van der Waals surface area contributed by atoms with Crippen LogP contribution < -0.4 is 15.4 Å². The van der Waals surface area contributed by atoms with Crippen LogP contribution in [0.25, 0.3) is 0 Å². The van der Waals surface area contributed by atoms with Gasteiger partial charge in [0.15, 0.2) is 5.96 Å². The molecule has 1 aliphatic heterocycles. The van der Waals surface area contributed by atoms with Crippen molar-refractivity contribution in [2.75, 3.05) is 39.3 Å². The van der Waals surface area contributed by atoms with Crippen LogP contribution >= 0.6 is 24.0 Å². The number of ether oxygens (including phenoxy) is 1. The number of rotatable bonds is 9. The summed E-state index contributed by atoms with van der Waals surface area (Å²) in [5, 5.41) is 6.62. The molecular formula is C19H32FIN4O. The van der Waals surface area contributed by atoms with E-state index in [1.165, 1.54) is 38.1 Å². The fraction of sp³-hybridized carbons (Fsp3) is 0.632. The Morgan fingerprint density at radius 2 is 2.08 bits per heavy atom. The lowest BCUT2D eigenvalue weighted by molar-refractivity contribution is 0.229. The summed E-state index contributed by atoms with van der Waals surface area (Å²) in [4.78, 5) is 7.08. The number of guanidine groups is 1. The minimum absolute atomic E-state index is 0. The molecule has 2 rings (SSSR count). The molecule has 1 heterocycles. The topological polar surface area (TPSA) is 48.9 Å². The van der Waals surface area contributed by atoms with Gasteiger partial charge in [-0.3, -0.25) is 0 Å². The number of nitrogens with zero attached hydrogens (tertiary/aromatic N) is 2. The van der Waals surface area contributed by atoms with Crippen molar-refractivity contribution in [1.29, 1.82) is 0 Å². The summed E-state index contributed by atoms with van der Waals surface area (Å²) in [5.41, 5.74) is 0. The fourth-order valence-electron chi connectivity index (χ4n) is 2.89. The summed E-state index contributed by atoms with van der Waals surface area (Å²) in [5.74, 6) is 1.05. The van der Waals surface area contributed by atoms with Crippen LogP contribution in [0.3, 0.4) is 0 Å². The van der Waals surface area contributed by atoms with Crippen molar-refractivity contribution in [3.8, 4) is 5.75 Å². The maximum absolute atomic E-state index is 13.2. The molecule has 26 heavy (non-hydrogen) atoms. The first kappa shape index (κ1) is 23.0. The third kappa shape index (κ3) is 9.02. The summed E-state index contributed by atoms with van der Waals surface area (Å²) in [6.07, 6.45) is 3.66. The lowest BCUT2D eigenvalue weighted by Gasteiger charge is -2.17. The van der Waals surface area contributed by atoms with E-state index >= 15 is 0 Å². The van der Waals surface area contributed by atoms with Crippen LogP contribution in [0.4, 0.5) is 4.39 Å². The molecule has 7 heteroatoms. The van der Waals surface area contributed by atoms with Gasteiger partial charge in [-0.15, -0.1) is 24.0 Å². The summed E-state index contributed by atoms with van der Waals surface area (Å²) in [6, 6.07) is 6.20. The van der Waals surface area contributed by atoms with Crippen molar-refractivity contribution in [2.45, 2.75) is 39.2 Å². The van der Waals surface area contributed by atoms with Gasteiger partial charge in [-0.25, -0.2) is 9.38 Å². The Hall–Kier alpha value is -1.09. The van der Waals surface area contributed by atoms with Gasteiger partial charge in [0.25, 0.3) is 0 Å². The third-order valence-corrected chi connectivity index (χ3v) is 4.13. The SMILES string of the molecule is CCNC(=NCC(C)Oc1cccc(F)c1)NCCCN1CCCC1.I. The first-order valence-corrected chi connectivity index (χ1v) is 9.34. The molecule has 1 aliphatic rings. The van der Waals surface area contributed by atoms with E-state index in [0.29, 0.717) is 12.3 Å². The fourth-order valence-corrected chi connectivity index (χ4v) is 2.89. The summed E-state index contributed by atoms with van der Waals surface area (Å²) < 4.78 is 18.9. The average Bonchev–Trinajstić information content (AvgIpc) is 3.10. The minimum atomic E-state index is -0.291. The molecule has 1 unspecified atom stereocenters. The van der Waals surface area contributed by atoms with Crippen LogP contribution in [-0.2, 0) is 0 Å². The van der Waals surface area contributed by atoms with Crippen LogP contribution in [0.15, 0.2) is 29.3 Å². The molecule has 0 amide bonds. The molecule has 5 nitrogen and oxygen atoms in total. The summed E-state index contributed by atoms with van der Waals surface area (Å²) >= 11 is 0. The van der Waals surface area contributed by atoms with Crippen molar-refractivity contribution in [3.05, 3.63) is 30.1 Å². The zero-order valence-corrected chi connectivity index (χ0v) is 18.2. The number of hydrogen-bond donors (Lipinski definition) is 2. The molecule has 0 saturated carbocycles. The predicted molar refractivity (Wildman–Crippen MR) is 116 cm³/mol. The molecule has 1 aromatic carbocycles. The van der Waals surface area contributed by atoms with Crippen LogP contribution in [0.1, 0.15) is 33.1 Å². The van der Waals surface area contributed by atoms with Crippen LogP contribution in [-0.4, -0.2) is 56.2 Å². The first-order valence-electron chi connectivity index (χ1n) is 9.34. The van der Waals surface area contributed by atoms with Gasteiger partial charge in [-0.2, -0.15) is 0 Å². The number of likely N-dealkylation sites (tertiary alicyclic amines) is 1. The van der Waals surface area contributed by atoms with E-state index in [1.54, 1.807) is 12.1 Å².